The van der Waals surface area contributed by atoms with Gasteiger partial charge in [0.25, 0.3) is 0 Å². The lowest BCUT2D eigenvalue weighted by atomic mass is 10.1. The van der Waals surface area contributed by atoms with E-state index in [-0.39, 0.29) is 12.3 Å². The normalized spacial score (nSPS) is 15.2. The van der Waals surface area contributed by atoms with Gasteiger partial charge >= 0.3 is 6.18 Å². The van der Waals surface area contributed by atoms with Crippen LogP contribution >= 0.6 is 0 Å². The van der Waals surface area contributed by atoms with E-state index in [0.29, 0.717) is 12.3 Å². The number of carbonyl (C=O) groups is 1. The maximum atomic E-state index is 12.9. The Kier molecular flexibility index (Phi) is 5.28. The monoisotopic (exact) mass is 316 g/mol. The molecule has 1 fully saturated rings. The van der Waals surface area contributed by atoms with Gasteiger partial charge in [0.15, 0.2) is 0 Å². The van der Waals surface area contributed by atoms with Crippen LogP contribution in [-0.2, 0) is 15.7 Å². The molecule has 0 aromatic heterocycles. The molecule has 122 valence electrons. The molecule has 0 saturated carbocycles. The highest BCUT2D eigenvalue weighted by atomic mass is 19.4. The summed E-state index contributed by atoms with van der Waals surface area (Å²) in [4.78, 5) is 13.7. The number of carbonyl (C=O) groups excluding carboxylic acids is 1. The molecule has 0 unspecified atom stereocenters. The third-order valence-electron chi connectivity index (χ3n) is 3.48. The van der Waals surface area contributed by atoms with Gasteiger partial charge in [-0.2, -0.15) is 13.2 Å². The maximum Gasteiger partial charge on any atom is 0.416 e. The summed E-state index contributed by atoms with van der Waals surface area (Å²) in [7, 11) is 0. The number of anilines is 2. The van der Waals surface area contributed by atoms with E-state index in [1.807, 2.05) is 4.90 Å². The molecule has 1 aliphatic heterocycles. The summed E-state index contributed by atoms with van der Waals surface area (Å²) >= 11 is 0. The fourth-order valence-corrected chi connectivity index (χ4v) is 2.43. The van der Waals surface area contributed by atoms with E-state index in [1.54, 1.807) is 6.92 Å². The number of hydrogen-bond acceptors (Lipinski definition) is 3. The van der Waals surface area contributed by atoms with Crippen molar-refractivity contribution in [1.29, 1.82) is 0 Å². The predicted molar refractivity (Wildman–Crippen MR) is 78.0 cm³/mol. The standard InChI is InChI=1S/C15H19F3N2O2/c1-2-22-10-14(21)19-12-9-11(15(16,17)18)5-6-13(12)20-7-3-4-8-20/h5-6,9H,2-4,7-8,10H2,1H3,(H,19,21). The number of nitrogens with zero attached hydrogens (tertiary/aromatic N) is 1. The molecule has 2 rings (SSSR count). The number of halogens is 3. The molecule has 0 bridgehead atoms. The number of alkyl halides is 3. The Labute approximate surface area is 127 Å². The largest absolute Gasteiger partial charge is 0.416 e. The van der Waals surface area contributed by atoms with Crippen molar-refractivity contribution in [2.45, 2.75) is 25.9 Å². The van der Waals surface area contributed by atoms with E-state index < -0.39 is 17.6 Å². The van der Waals surface area contributed by atoms with Crippen LogP contribution in [-0.4, -0.2) is 32.2 Å². The van der Waals surface area contributed by atoms with E-state index in [9.17, 15) is 18.0 Å². The summed E-state index contributed by atoms with van der Waals surface area (Å²) in [5, 5.41) is 2.53. The van der Waals surface area contributed by atoms with Gasteiger partial charge in [0.2, 0.25) is 5.91 Å². The molecule has 1 heterocycles. The van der Waals surface area contributed by atoms with Crippen molar-refractivity contribution in [3.63, 3.8) is 0 Å². The van der Waals surface area contributed by atoms with Gasteiger partial charge in [0.1, 0.15) is 6.61 Å². The quantitative estimate of drug-likeness (QED) is 0.906. The Hall–Kier alpha value is -1.76. The van der Waals surface area contributed by atoms with Crippen LogP contribution in [0.3, 0.4) is 0 Å². The zero-order chi connectivity index (χ0) is 16.2. The Morgan fingerprint density at radius 2 is 2.00 bits per heavy atom. The molecule has 1 aromatic rings. The molecule has 0 spiro atoms. The van der Waals surface area contributed by atoms with Crippen molar-refractivity contribution < 1.29 is 22.7 Å². The van der Waals surface area contributed by atoms with Gasteiger partial charge in [-0.1, -0.05) is 0 Å². The van der Waals surface area contributed by atoms with E-state index >= 15 is 0 Å². The minimum atomic E-state index is -4.44. The van der Waals surface area contributed by atoms with Gasteiger partial charge < -0.3 is 15.0 Å². The number of nitrogens with one attached hydrogen (secondary N) is 1. The molecule has 1 aromatic carbocycles. The summed E-state index contributed by atoms with van der Waals surface area (Å²) in [6.07, 6.45) is -2.45. The predicted octanol–water partition coefficient (Wildman–Crippen LogP) is 3.28. The van der Waals surface area contributed by atoms with Gasteiger partial charge in [-0.25, -0.2) is 0 Å². The lowest BCUT2D eigenvalue weighted by Gasteiger charge is -2.23. The molecule has 22 heavy (non-hydrogen) atoms. The van der Waals surface area contributed by atoms with Gasteiger partial charge in [-0.05, 0) is 38.0 Å². The van der Waals surface area contributed by atoms with Crippen LogP contribution in [0.4, 0.5) is 24.5 Å². The van der Waals surface area contributed by atoms with Crippen LogP contribution in [0, 0.1) is 0 Å². The number of benzene rings is 1. The average Bonchev–Trinajstić information content (AvgIpc) is 2.98. The van der Waals surface area contributed by atoms with Gasteiger partial charge in [-0.3, -0.25) is 4.79 Å². The maximum absolute atomic E-state index is 12.9. The molecule has 1 aliphatic rings. The smallest absolute Gasteiger partial charge is 0.372 e. The minimum absolute atomic E-state index is 0.174. The van der Waals surface area contributed by atoms with Crippen molar-refractivity contribution in [2.75, 3.05) is 36.5 Å². The molecular formula is C15H19F3N2O2. The van der Waals surface area contributed by atoms with Crippen molar-refractivity contribution in [3.05, 3.63) is 23.8 Å². The van der Waals surface area contributed by atoms with Gasteiger partial charge in [-0.15, -0.1) is 0 Å². The number of amides is 1. The topological polar surface area (TPSA) is 41.6 Å². The molecular weight excluding hydrogens is 297 g/mol. The second-order valence-electron chi connectivity index (χ2n) is 5.11. The first-order valence-electron chi connectivity index (χ1n) is 7.25. The fraction of sp³-hybridized carbons (Fsp3) is 0.533. The summed E-state index contributed by atoms with van der Waals surface area (Å²) in [6, 6.07) is 3.45. The Bertz CT molecular complexity index is 526. The summed E-state index contributed by atoms with van der Waals surface area (Å²) < 4.78 is 43.6. The van der Waals surface area contributed by atoms with Crippen LogP contribution in [0.5, 0.6) is 0 Å². The van der Waals surface area contributed by atoms with Gasteiger partial charge in [0.05, 0.1) is 16.9 Å². The first-order chi connectivity index (χ1) is 10.4. The van der Waals surface area contributed by atoms with Crippen molar-refractivity contribution in [2.24, 2.45) is 0 Å². The summed E-state index contributed by atoms with van der Waals surface area (Å²) in [5.41, 5.74) is 0.0268. The van der Waals surface area contributed by atoms with Crippen molar-refractivity contribution in [3.8, 4) is 0 Å². The first-order valence-corrected chi connectivity index (χ1v) is 7.25. The van der Waals surface area contributed by atoms with E-state index in [0.717, 1.165) is 38.1 Å². The van der Waals surface area contributed by atoms with Crippen molar-refractivity contribution >= 4 is 17.3 Å². The molecule has 1 amide bonds. The van der Waals surface area contributed by atoms with Crippen LogP contribution in [0.2, 0.25) is 0 Å². The summed E-state index contributed by atoms with van der Waals surface area (Å²) in [6.45, 7) is 3.49. The van der Waals surface area contributed by atoms with Crippen LogP contribution < -0.4 is 10.2 Å². The molecule has 0 atom stereocenters. The highest BCUT2D eigenvalue weighted by Gasteiger charge is 2.32. The number of hydrogen-bond donors (Lipinski definition) is 1. The van der Waals surface area contributed by atoms with E-state index in [2.05, 4.69) is 5.32 Å². The molecule has 7 heteroatoms. The van der Waals surface area contributed by atoms with E-state index in [4.69, 9.17) is 4.74 Å². The molecule has 0 aliphatic carbocycles. The molecule has 0 radical (unpaired) electrons. The molecule has 4 nitrogen and oxygen atoms in total. The highest BCUT2D eigenvalue weighted by Crippen LogP contribution is 2.36. The van der Waals surface area contributed by atoms with Crippen LogP contribution in [0.1, 0.15) is 25.3 Å². The lowest BCUT2D eigenvalue weighted by Crippen LogP contribution is -2.23. The SMILES string of the molecule is CCOCC(=O)Nc1cc(C(F)(F)F)ccc1N1CCCC1. The average molecular weight is 316 g/mol. The van der Waals surface area contributed by atoms with Crippen LogP contribution in [0.25, 0.3) is 0 Å². The lowest BCUT2D eigenvalue weighted by molar-refractivity contribution is -0.137. The fourth-order valence-electron chi connectivity index (χ4n) is 2.43. The second-order valence-corrected chi connectivity index (χ2v) is 5.11. The second kappa shape index (κ2) is 7.00. The highest BCUT2D eigenvalue weighted by molar-refractivity contribution is 5.95. The zero-order valence-corrected chi connectivity index (χ0v) is 12.4. The first kappa shape index (κ1) is 16.6. The van der Waals surface area contributed by atoms with E-state index in [1.165, 1.54) is 6.07 Å². The Morgan fingerprint density at radius 1 is 1.32 bits per heavy atom. The third kappa shape index (κ3) is 4.13. The number of rotatable bonds is 5. The molecule has 1 N–H and O–H groups in total. The third-order valence-corrected chi connectivity index (χ3v) is 3.48. The van der Waals surface area contributed by atoms with Crippen molar-refractivity contribution in [1.82, 2.24) is 0 Å². The zero-order valence-electron chi connectivity index (χ0n) is 12.4. The molecule has 1 saturated heterocycles. The van der Waals surface area contributed by atoms with Gasteiger partial charge in [0, 0.05) is 19.7 Å². The number of ether oxygens (including phenoxy) is 1. The Morgan fingerprint density at radius 3 is 2.59 bits per heavy atom. The Balaban J connectivity index is 2.26. The summed E-state index contributed by atoms with van der Waals surface area (Å²) in [5.74, 6) is -0.457. The minimum Gasteiger partial charge on any atom is -0.372 e. The van der Waals surface area contributed by atoms with Crippen LogP contribution in [0.15, 0.2) is 18.2 Å².